The van der Waals surface area contributed by atoms with Crippen molar-refractivity contribution >= 4 is 17.7 Å². The zero-order valence-electron chi connectivity index (χ0n) is 11.5. The number of halogens is 1. The van der Waals surface area contributed by atoms with Crippen LogP contribution in [-0.4, -0.2) is 29.7 Å². The second kappa shape index (κ2) is 5.35. The molecular weight excluding hydrogens is 275 g/mol. The summed E-state index contributed by atoms with van der Waals surface area (Å²) in [5, 5.41) is 11.9. The van der Waals surface area contributed by atoms with Crippen LogP contribution in [0.3, 0.4) is 0 Å². The number of carbonyl (C=O) groups is 2. The number of aliphatic carboxylic acids is 1. The number of anilines is 1. The van der Waals surface area contributed by atoms with Gasteiger partial charge in [-0.1, -0.05) is 12.5 Å². The Labute approximate surface area is 121 Å². The molecule has 1 aliphatic carbocycles. The fourth-order valence-corrected chi connectivity index (χ4v) is 3.23. The van der Waals surface area contributed by atoms with Gasteiger partial charge in [-0.3, -0.25) is 9.69 Å². The van der Waals surface area contributed by atoms with E-state index in [9.17, 15) is 14.0 Å². The first kappa shape index (κ1) is 13.9. The lowest BCUT2D eigenvalue weighted by Crippen LogP contribution is -2.47. The van der Waals surface area contributed by atoms with Gasteiger partial charge in [0, 0.05) is 12.6 Å². The van der Waals surface area contributed by atoms with Gasteiger partial charge in [-0.05, 0) is 37.0 Å². The van der Waals surface area contributed by atoms with Crippen LogP contribution in [0.15, 0.2) is 18.2 Å². The molecule has 2 amide bonds. The van der Waals surface area contributed by atoms with Crippen LogP contribution in [0.25, 0.3) is 0 Å². The SMILES string of the molecule is O=C(O)C1CCCC1NC(=O)N1CCc2ccc(F)cc21. The van der Waals surface area contributed by atoms with E-state index in [-0.39, 0.29) is 17.9 Å². The number of nitrogens with zero attached hydrogens (tertiary/aromatic N) is 1. The van der Waals surface area contributed by atoms with E-state index in [1.165, 1.54) is 17.0 Å². The van der Waals surface area contributed by atoms with E-state index in [1.54, 1.807) is 6.07 Å². The van der Waals surface area contributed by atoms with Crippen molar-refractivity contribution in [3.63, 3.8) is 0 Å². The molecule has 1 heterocycles. The van der Waals surface area contributed by atoms with E-state index in [4.69, 9.17) is 5.11 Å². The minimum Gasteiger partial charge on any atom is -0.481 e. The van der Waals surface area contributed by atoms with Crippen LogP contribution in [0.4, 0.5) is 14.9 Å². The molecule has 6 heteroatoms. The molecule has 3 rings (SSSR count). The number of hydrogen-bond acceptors (Lipinski definition) is 2. The average molecular weight is 292 g/mol. The van der Waals surface area contributed by atoms with Gasteiger partial charge in [0.25, 0.3) is 0 Å². The lowest BCUT2D eigenvalue weighted by Gasteiger charge is -2.23. The largest absolute Gasteiger partial charge is 0.481 e. The van der Waals surface area contributed by atoms with Gasteiger partial charge in [0.05, 0.1) is 11.6 Å². The van der Waals surface area contributed by atoms with Gasteiger partial charge in [-0.2, -0.15) is 0 Å². The van der Waals surface area contributed by atoms with Crippen molar-refractivity contribution in [1.29, 1.82) is 0 Å². The van der Waals surface area contributed by atoms with E-state index < -0.39 is 11.9 Å². The minimum absolute atomic E-state index is 0.336. The smallest absolute Gasteiger partial charge is 0.322 e. The topological polar surface area (TPSA) is 69.6 Å². The van der Waals surface area contributed by atoms with E-state index >= 15 is 0 Å². The zero-order valence-corrected chi connectivity index (χ0v) is 11.5. The van der Waals surface area contributed by atoms with Crippen LogP contribution in [-0.2, 0) is 11.2 Å². The van der Waals surface area contributed by atoms with Gasteiger partial charge < -0.3 is 10.4 Å². The third-order valence-corrected chi connectivity index (χ3v) is 4.33. The van der Waals surface area contributed by atoms with Crippen LogP contribution in [0.1, 0.15) is 24.8 Å². The molecule has 2 atom stereocenters. The Balaban J connectivity index is 1.73. The molecule has 5 nitrogen and oxygen atoms in total. The van der Waals surface area contributed by atoms with E-state index in [2.05, 4.69) is 5.32 Å². The highest BCUT2D eigenvalue weighted by atomic mass is 19.1. The molecular formula is C15H17FN2O3. The lowest BCUT2D eigenvalue weighted by molar-refractivity contribution is -0.142. The van der Waals surface area contributed by atoms with Gasteiger partial charge in [0.2, 0.25) is 0 Å². The maximum atomic E-state index is 13.3. The van der Waals surface area contributed by atoms with Crippen molar-refractivity contribution in [3.8, 4) is 0 Å². The maximum Gasteiger partial charge on any atom is 0.322 e. The fraction of sp³-hybridized carbons (Fsp3) is 0.467. The molecule has 21 heavy (non-hydrogen) atoms. The predicted molar refractivity (Wildman–Crippen MR) is 74.7 cm³/mol. The first-order valence-corrected chi connectivity index (χ1v) is 7.15. The lowest BCUT2D eigenvalue weighted by atomic mass is 10.0. The molecule has 0 radical (unpaired) electrons. The number of hydrogen-bond donors (Lipinski definition) is 2. The number of benzene rings is 1. The van der Waals surface area contributed by atoms with Gasteiger partial charge in [0.15, 0.2) is 0 Å². The number of amides is 2. The highest BCUT2D eigenvalue weighted by Crippen LogP contribution is 2.30. The maximum absolute atomic E-state index is 13.3. The standard InChI is InChI=1S/C15H17FN2O3/c16-10-5-4-9-6-7-18(13(9)8-10)15(21)17-12-3-1-2-11(12)14(19)20/h4-5,8,11-12H,1-3,6-7H2,(H,17,21)(H,19,20). The molecule has 1 aromatic carbocycles. The molecule has 0 bridgehead atoms. The number of fused-ring (bicyclic) bond motifs is 1. The van der Waals surface area contributed by atoms with Crippen LogP contribution >= 0.6 is 0 Å². The molecule has 0 spiro atoms. The molecule has 1 saturated carbocycles. The molecule has 0 saturated heterocycles. The Morgan fingerprint density at radius 3 is 2.90 bits per heavy atom. The van der Waals surface area contributed by atoms with Gasteiger partial charge >= 0.3 is 12.0 Å². The normalized spacial score (nSPS) is 24.0. The van der Waals surface area contributed by atoms with Crippen molar-refractivity contribution in [2.75, 3.05) is 11.4 Å². The van der Waals surface area contributed by atoms with E-state index in [1.807, 2.05) is 0 Å². The molecule has 112 valence electrons. The Bertz CT molecular complexity index is 590. The van der Waals surface area contributed by atoms with Gasteiger partial charge in [0.1, 0.15) is 5.82 Å². The fourth-order valence-electron chi connectivity index (χ4n) is 3.23. The van der Waals surface area contributed by atoms with E-state index in [0.29, 0.717) is 31.5 Å². The summed E-state index contributed by atoms with van der Waals surface area (Å²) >= 11 is 0. The van der Waals surface area contributed by atoms with Crippen LogP contribution in [0.5, 0.6) is 0 Å². The van der Waals surface area contributed by atoms with Crippen LogP contribution in [0.2, 0.25) is 0 Å². The van der Waals surface area contributed by atoms with Crippen LogP contribution < -0.4 is 10.2 Å². The highest BCUT2D eigenvalue weighted by molar-refractivity contribution is 5.94. The number of urea groups is 1. The Morgan fingerprint density at radius 1 is 1.33 bits per heavy atom. The number of rotatable bonds is 2. The quantitative estimate of drug-likeness (QED) is 0.877. The second-order valence-corrected chi connectivity index (χ2v) is 5.61. The van der Waals surface area contributed by atoms with Crippen molar-refractivity contribution in [2.24, 2.45) is 5.92 Å². The van der Waals surface area contributed by atoms with Gasteiger partial charge in [-0.15, -0.1) is 0 Å². The summed E-state index contributed by atoms with van der Waals surface area (Å²) in [4.78, 5) is 25.0. The highest BCUT2D eigenvalue weighted by Gasteiger charge is 2.35. The number of carbonyl (C=O) groups excluding carboxylic acids is 1. The first-order valence-electron chi connectivity index (χ1n) is 7.15. The van der Waals surface area contributed by atoms with E-state index in [0.717, 1.165) is 12.0 Å². The third kappa shape index (κ3) is 2.57. The van der Waals surface area contributed by atoms with Crippen LogP contribution in [0, 0.1) is 11.7 Å². The molecule has 0 aromatic heterocycles. The summed E-state index contributed by atoms with van der Waals surface area (Å²) in [5.41, 5.74) is 1.52. The number of nitrogens with one attached hydrogen (secondary N) is 1. The summed E-state index contributed by atoms with van der Waals surface area (Å²) < 4.78 is 13.3. The molecule has 2 N–H and O–H groups in total. The second-order valence-electron chi connectivity index (χ2n) is 5.61. The average Bonchev–Trinajstić information content (AvgIpc) is 3.04. The summed E-state index contributed by atoms with van der Waals surface area (Å²) in [6, 6.07) is 3.75. The molecule has 2 aliphatic rings. The summed E-state index contributed by atoms with van der Waals surface area (Å²) in [7, 11) is 0. The number of carboxylic acid groups (broad SMARTS) is 1. The Morgan fingerprint density at radius 2 is 2.14 bits per heavy atom. The van der Waals surface area contributed by atoms with Crippen molar-refractivity contribution in [1.82, 2.24) is 5.32 Å². The summed E-state index contributed by atoms with van der Waals surface area (Å²) in [5.74, 6) is -1.77. The number of carboxylic acids is 1. The monoisotopic (exact) mass is 292 g/mol. The Hall–Kier alpha value is -2.11. The first-order chi connectivity index (χ1) is 10.1. The molecule has 2 unspecified atom stereocenters. The molecule has 1 aliphatic heterocycles. The summed E-state index contributed by atoms with van der Waals surface area (Å²) in [6.07, 6.45) is 2.75. The summed E-state index contributed by atoms with van der Waals surface area (Å²) in [6.45, 7) is 0.495. The molecule has 1 aromatic rings. The zero-order chi connectivity index (χ0) is 15.0. The third-order valence-electron chi connectivity index (χ3n) is 4.33. The predicted octanol–water partition coefficient (Wildman–Crippen LogP) is 2.15. The Kier molecular flexibility index (Phi) is 3.53. The van der Waals surface area contributed by atoms with Crippen molar-refractivity contribution < 1.29 is 19.1 Å². The van der Waals surface area contributed by atoms with Gasteiger partial charge in [-0.25, -0.2) is 9.18 Å². The van der Waals surface area contributed by atoms with Crippen molar-refractivity contribution in [3.05, 3.63) is 29.6 Å². The minimum atomic E-state index is -0.870. The molecule has 1 fully saturated rings. The van der Waals surface area contributed by atoms with Crippen molar-refractivity contribution in [2.45, 2.75) is 31.7 Å².